The van der Waals surface area contributed by atoms with E-state index in [1.165, 1.54) is 108 Å². The zero-order chi connectivity index (χ0) is 31.7. The maximum absolute atomic E-state index is 2.45. The van der Waals surface area contributed by atoms with Gasteiger partial charge in [-0.2, -0.15) is 0 Å². The van der Waals surface area contributed by atoms with Crippen LogP contribution in [0.15, 0.2) is 146 Å². The summed E-state index contributed by atoms with van der Waals surface area (Å²) in [6.07, 6.45) is 0. The van der Waals surface area contributed by atoms with Gasteiger partial charge in [-0.15, -0.1) is 11.3 Å². The maximum Gasteiger partial charge on any atom is 0.0355 e. The van der Waals surface area contributed by atoms with Crippen LogP contribution in [-0.2, 0) is 5.41 Å². The first-order valence-electron chi connectivity index (χ1n) is 16.8. The van der Waals surface area contributed by atoms with Gasteiger partial charge in [-0.3, -0.25) is 0 Å². The largest absolute Gasteiger partial charge is 0.135 e. The van der Waals surface area contributed by atoms with Crippen LogP contribution in [0.4, 0.5) is 0 Å². The third-order valence-corrected chi connectivity index (χ3v) is 12.3. The van der Waals surface area contributed by atoms with Crippen LogP contribution in [-0.4, -0.2) is 0 Å². The van der Waals surface area contributed by atoms with E-state index in [4.69, 9.17) is 0 Å². The molecule has 1 aliphatic rings. The Morgan fingerprint density at radius 2 is 0.979 bits per heavy atom. The molecule has 0 fully saturated rings. The fourth-order valence-electron chi connectivity index (χ4n) is 8.89. The van der Waals surface area contributed by atoms with Crippen molar-refractivity contribution in [3.8, 4) is 33.4 Å². The molecule has 0 radical (unpaired) electrons. The maximum atomic E-state index is 2.45. The van der Waals surface area contributed by atoms with E-state index in [9.17, 15) is 0 Å². The fraction of sp³-hybridized carbons (Fsp3) is 0.0638. The van der Waals surface area contributed by atoms with Gasteiger partial charge in [0.1, 0.15) is 0 Å². The summed E-state index contributed by atoms with van der Waals surface area (Å²) in [6, 6.07) is 55.1. The number of hydrogen-bond acceptors (Lipinski definition) is 1. The lowest BCUT2D eigenvalue weighted by Gasteiger charge is -2.23. The predicted molar refractivity (Wildman–Crippen MR) is 209 cm³/mol. The van der Waals surface area contributed by atoms with Gasteiger partial charge in [0.25, 0.3) is 0 Å². The Bertz CT molecular complexity index is 2960. The van der Waals surface area contributed by atoms with Gasteiger partial charge in [-0.05, 0) is 118 Å². The van der Waals surface area contributed by atoms with Crippen molar-refractivity contribution in [2.75, 3.05) is 0 Å². The van der Waals surface area contributed by atoms with Crippen molar-refractivity contribution in [2.24, 2.45) is 0 Å². The lowest BCUT2D eigenvalue weighted by molar-refractivity contribution is 0.666. The van der Waals surface area contributed by atoms with Gasteiger partial charge in [0, 0.05) is 25.6 Å². The number of rotatable bonds is 2. The quantitative estimate of drug-likeness (QED) is 0.168. The minimum atomic E-state index is -0.0731. The third kappa shape index (κ3) is 3.49. The molecule has 0 N–H and O–H groups in total. The summed E-state index contributed by atoms with van der Waals surface area (Å²) in [5.41, 5.74) is 10.7. The molecule has 1 heterocycles. The third-order valence-electron chi connectivity index (χ3n) is 11.2. The molecule has 0 aliphatic heterocycles. The van der Waals surface area contributed by atoms with Crippen LogP contribution in [0.2, 0.25) is 0 Å². The first-order chi connectivity index (χ1) is 23.5. The Morgan fingerprint density at radius 1 is 0.396 bits per heavy atom. The topological polar surface area (TPSA) is 0 Å². The lowest BCUT2D eigenvalue weighted by atomic mass is 9.79. The lowest BCUT2D eigenvalue weighted by Crippen LogP contribution is -2.15. The van der Waals surface area contributed by atoms with Crippen molar-refractivity contribution >= 4 is 74.6 Å². The molecule has 1 aromatic heterocycles. The van der Waals surface area contributed by atoms with Crippen molar-refractivity contribution < 1.29 is 0 Å². The summed E-state index contributed by atoms with van der Waals surface area (Å²) >= 11 is 1.89. The monoisotopic (exact) mass is 626 g/mol. The van der Waals surface area contributed by atoms with Crippen molar-refractivity contribution in [3.05, 3.63) is 157 Å². The van der Waals surface area contributed by atoms with Crippen LogP contribution < -0.4 is 0 Å². The molecule has 0 atom stereocenters. The van der Waals surface area contributed by atoms with Crippen molar-refractivity contribution in [2.45, 2.75) is 19.3 Å². The van der Waals surface area contributed by atoms with Crippen molar-refractivity contribution in [1.29, 1.82) is 0 Å². The number of fused-ring (bicyclic) bond motifs is 8. The highest BCUT2D eigenvalue weighted by molar-refractivity contribution is 7.25. The molecule has 0 saturated carbocycles. The average molecular weight is 627 g/mol. The van der Waals surface area contributed by atoms with Crippen LogP contribution in [0, 0.1) is 0 Å². The molecule has 0 saturated heterocycles. The highest BCUT2D eigenvalue weighted by Crippen LogP contribution is 2.52. The molecule has 9 aromatic carbocycles. The first kappa shape index (κ1) is 26.6. The molecule has 0 spiro atoms. The Balaban J connectivity index is 1.06. The molecule has 0 unspecified atom stereocenters. The zero-order valence-electron chi connectivity index (χ0n) is 26.8. The standard InChI is InChI=1S/C47H30S/c1-47(2)41-26-32(15-19-36(41)38-21-12-27-6-3-4-9-35(27)46(38)47)31-16-22-42-39(24-31)40-25-33(17-23-43(40)48-42)34-18-13-30-11-10-28-7-5-8-29-14-20-37(34)45(30)44(28)29/h3-26H,1-2H3. The SMILES string of the molecule is CC1(C)c2cc(-c3ccc4sc5ccc(-c6ccc7ccc8cccc9ccc6c7c89)cc5c4c3)ccc2-c2ccc3ccccc3c21. The molecule has 224 valence electrons. The van der Waals surface area contributed by atoms with E-state index in [1.807, 2.05) is 11.3 Å². The second-order valence-corrected chi connectivity index (χ2v) is 15.2. The van der Waals surface area contributed by atoms with Crippen LogP contribution in [0.1, 0.15) is 25.0 Å². The zero-order valence-corrected chi connectivity index (χ0v) is 27.6. The van der Waals surface area contributed by atoms with Crippen LogP contribution in [0.25, 0.3) is 96.6 Å². The van der Waals surface area contributed by atoms with E-state index >= 15 is 0 Å². The number of hydrogen-bond donors (Lipinski definition) is 0. The summed E-state index contributed by atoms with van der Waals surface area (Å²) in [4.78, 5) is 0. The highest BCUT2D eigenvalue weighted by atomic mass is 32.1. The Morgan fingerprint density at radius 3 is 1.81 bits per heavy atom. The Hall–Kier alpha value is -5.50. The van der Waals surface area contributed by atoms with Gasteiger partial charge in [0.15, 0.2) is 0 Å². The van der Waals surface area contributed by atoms with E-state index in [0.717, 1.165) is 0 Å². The predicted octanol–water partition coefficient (Wildman–Crippen LogP) is 13.7. The molecule has 1 heteroatoms. The molecule has 0 amide bonds. The van der Waals surface area contributed by atoms with Crippen molar-refractivity contribution in [3.63, 3.8) is 0 Å². The first-order valence-corrected chi connectivity index (χ1v) is 17.7. The minimum absolute atomic E-state index is 0.0731. The second-order valence-electron chi connectivity index (χ2n) is 14.1. The molecule has 0 nitrogen and oxygen atoms in total. The second kappa shape index (κ2) is 9.31. The van der Waals surface area contributed by atoms with E-state index in [2.05, 4.69) is 159 Å². The van der Waals surface area contributed by atoms with Gasteiger partial charge >= 0.3 is 0 Å². The summed E-state index contributed by atoms with van der Waals surface area (Å²) in [5.74, 6) is 0. The van der Waals surface area contributed by atoms with Gasteiger partial charge in [-0.1, -0.05) is 129 Å². The smallest absolute Gasteiger partial charge is 0.0355 e. The van der Waals surface area contributed by atoms with Crippen LogP contribution in [0.3, 0.4) is 0 Å². The van der Waals surface area contributed by atoms with E-state index < -0.39 is 0 Å². The molecule has 1 aliphatic carbocycles. The summed E-state index contributed by atoms with van der Waals surface area (Å²) in [5, 5.41) is 13.3. The van der Waals surface area contributed by atoms with E-state index in [1.54, 1.807) is 0 Å². The Labute approximate surface area is 282 Å². The molecule has 0 bridgehead atoms. The number of thiophene rings is 1. The fourth-order valence-corrected chi connectivity index (χ4v) is 9.96. The van der Waals surface area contributed by atoms with Gasteiger partial charge in [0.2, 0.25) is 0 Å². The van der Waals surface area contributed by atoms with Gasteiger partial charge in [-0.25, -0.2) is 0 Å². The highest BCUT2D eigenvalue weighted by Gasteiger charge is 2.37. The van der Waals surface area contributed by atoms with Gasteiger partial charge < -0.3 is 0 Å². The molecular weight excluding hydrogens is 597 g/mol. The van der Waals surface area contributed by atoms with Gasteiger partial charge in [0.05, 0.1) is 0 Å². The van der Waals surface area contributed by atoms with Crippen molar-refractivity contribution in [1.82, 2.24) is 0 Å². The Kier molecular flexibility index (Phi) is 5.15. The van der Waals surface area contributed by atoms with Crippen LogP contribution >= 0.6 is 11.3 Å². The minimum Gasteiger partial charge on any atom is -0.135 e. The summed E-state index contributed by atoms with van der Waals surface area (Å²) in [7, 11) is 0. The normalized spacial score (nSPS) is 13.8. The summed E-state index contributed by atoms with van der Waals surface area (Å²) < 4.78 is 2.67. The molecule has 11 rings (SSSR count). The van der Waals surface area contributed by atoms with E-state index in [0.29, 0.717) is 0 Å². The number of benzene rings is 9. The summed E-state index contributed by atoms with van der Waals surface area (Å²) in [6.45, 7) is 4.79. The van der Waals surface area contributed by atoms with E-state index in [-0.39, 0.29) is 5.41 Å². The molecular formula is C47H30S. The van der Waals surface area contributed by atoms with Crippen LogP contribution in [0.5, 0.6) is 0 Å². The molecule has 48 heavy (non-hydrogen) atoms. The molecule has 10 aromatic rings. The average Bonchev–Trinajstić information content (AvgIpc) is 3.61.